The van der Waals surface area contributed by atoms with Gasteiger partial charge in [0, 0.05) is 63.9 Å². The van der Waals surface area contributed by atoms with E-state index in [1.165, 1.54) is 25.3 Å². The summed E-state index contributed by atoms with van der Waals surface area (Å²) in [5.74, 6) is 1.88. The molecule has 2 aliphatic rings. The molecule has 1 saturated heterocycles. The first kappa shape index (κ1) is 25.8. The van der Waals surface area contributed by atoms with Crippen molar-refractivity contribution in [1.29, 1.82) is 0 Å². The van der Waals surface area contributed by atoms with Crippen LogP contribution in [0.15, 0.2) is 23.2 Å². The van der Waals surface area contributed by atoms with Crippen molar-refractivity contribution in [2.75, 3.05) is 33.2 Å². The first-order valence-corrected chi connectivity index (χ1v) is 11.7. The Bertz CT molecular complexity index is 941. The number of aromatic nitrogens is 3. The largest absolute Gasteiger partial charge is 0.349 e. The fourth-order valence-corrected chi connectivity index (χ4v) is 4.86. The number of hydrogen-bond donors (Lipinski definition) is 1. The van der Waals surface area contributed by atoms with Crippen LogP contribution in [0, 0.1) is 11.6 Å². The SMILES string of the molecule is CCC(c1ccc(F)cc1F)N1CCN(C(=NC)NCc2nnc3n2CCCCC3)CC1.I. The smallest absolute Gasteiger partial charge is 0.194 e. The van der Waals surface area contributed by atoms with E-state index in [0.717, 1.165) is 69.2 Å². The quantitative estimate of drug-likeness (QED) is 0.336. The normalized spacial score (nSPS) is 18.3. The molecule has 0 bridgehead atoms. The second-order valence-electron chi connectivity index (χ2n) is 8.51. The zero-order chi connectivity index (χ0) is 22.5. The summed E-state index contributed by atoms with van der Waals surface area (Å²) in [5, 5.41) is 12.2. The van der Waals surface area contributed by atoms with Crippen LogP contribution in [0.1, 0.15) is 55.9 Å². The van der Waals surface area contributed by atoms with Crippen molar-refractivity contribution in [2.24, 2.45) is 4.99 Å². The van der Waals surface area contributed by atoms with E-state index in [-0.39, 0.29) is 30.0 Å². The van der Waals surface area contributed by atoms with Gasteiger partial charge < -0.3 is 14.8 Å². The Balaban J connectivity index is 0.00000306. The second-order valence-corrected chi connectivity index (χ2v) is 8.51. The number of nitrogens with zero attached hydrogens (tertiary/aromatic N) is 6. The number of hydrogen-bond acceptors (Lipinski definition) is 4. The van der Waals surface area contributed by atoms with Crippen molar-refractivity contribution < 1.29 is 8.78 Å². The number of aliphatic imine (C=N–C) groups is 1. The molecule has 0 amide bonds. The monoisotopic (exact) mass is 573 g/mol. The van der Waals surface area contributed by atoms with Gasteiger partial charge in [-0.25, -0.2) is 8.78 Å². The second kappa shape index (κ2) is 12.0. The Morgan fingerprint density at radius 2 is 1.88 bits per heavy atom. The Morgan fingerprint density at radius 1 is 1.09 bits per heavy atom. The third-order valence-electron chi connectivity index (χ3n) is 6.57. The van der Waals surface area contributed by atoms with Gasteiger partial charge in [0.2, 0.25) is 0 Å². The average Bonchev–Trinajstić information content (AvgIpc) is 3.03. The maximum absolute atomic E-state index is 14.4. The molecule has 1 atom stereocenters. The molecule has 1 unspecified atom stereocenters. The maximum Gasteiger partial charge on any atom is 0.194 e. The standard InChI is InChI=1S/C23H33F2N7.HI/c1-3-20(18-9-8-17(24)15-19(18)25)30-11-13-31(14-12-30)23(26-2)27-16-22-29-28-21-7-5-4-6-10-32(21)22;/h8-9,15,20H,3-7,10-14,16H2,1-2H3,(H,26,27);1H. The van der Waals surface area contributed by atoms with E-state index in [4.69, 9.17) is 0 Å². The van der Waals surface area contributed by atoms with Crippen molar-refractivity contribution in [3.05, 3.63) is 47.0 Å². The summed E-state index contributed by atoms with van der Waals surface area (Å²) in [6.07, 6.45) is 5.35. The molecule has 2 aliphatic heterocycles. The molecule has 33 heavy (non-hydrogen) atoms. The number of piperazine rings is 1. The molecule has 1 N–H and O–H groups in total. The van der Waals surface area contributed by atoms with Gasteiger partial charge in [-0.1, -0.05) is 19.4 Å². The summed E-state index contributed by atoms with van der Waals surface area (Å²) in [6, 6.07) is 3.84. The topological polar surface area (TPSA) is 61.6 Å². The lowest BCUT2D eigenvalue weighted by Gasteiger charge is -2.40. The lowest BCUT2D eigenvalue weighted by atomic mass is 10.0. The molecule has 1 aromatic carbocycles. The molecule has 1 aromatic heterocycles. The predicted octanol–water partition coefficient (Wildman–Crippen LogP) is 3.75. The van der Waals surface area contributed by atoms with Gasteiger partial charge in [-0.3, -0.25) is 9.89 Å². The maximum atomic E-state index is 14.4. The first-order chi connectivity index (χ1) is 15.6. The van der Waals surface area contributed by atoms with Gasteiger partial charge in [-0.15, -0.1) is 34.2 Å². The summed E-state index contributed by atoms with van der Waals surface area (Å²) in [4.78, 5) is 8.97. The number of rotatable bonds is 5. The summed E-state index contributed by atoms with van der Waals surface area (Å²) in [6.45, 7) is 6.77. The molecule has 7 nitrogen and oxygen atoms in total. The predicted molar refractivity (Wildman–Crippen MR) is 136 cm³/mol. The molecule has 10 heteroatoms. The zero-order valence-corrected chi connectivity index (χ0v) is 21.8. The van der Waals surface area contributed by atoms with E-state index < -0.39 is 11.6 Å². The number of aryl methyl sites for hydroxylation is 1. The number of guanidine groups is 1. The van der Waals surface area contributed by atoms with Crippen molar-refractivity contribution >= 4 is 29.9 Å². The van der Waals surface area contributed by atoms with Gasteiger partial charge >= 0.3 is 0 Å². The highest BCUT2D eigenvalue weighted by atomic mass is 127. The zero-order valence-electron chi connectivity index (χ0n) is 19.4. The van der Waals surface area contributed by atoms with E-state index in [9.17, 15) is 8.78 Å². The fourth-order valence-electron chi connectivity index (χ4n) is 4.86. The highest BCUT2D eigenvalue weighted by molar-refractivity contribution is 14.0. The van der Waals surface area contributed by atoms with Gasteiger partial charge in [0.15, 0.2) is 11.8 Å². The number of benzene rings is 1. The number of fused-ring (bicyclic) bond motifs is 1. The number of halogens is 3. The molecule has 1 fully saturated rings. The summed E-state index contributed by atoms with van der Waals surface area (Å²) in [7, 11) is 1.79. The summed E-state index contributed by atoms with van der Waals surface area (Å²) in [5.41, 5.74) is 0.567. The molecular weight excluding hydrogens is 539 g/mol. The molecule has 4 rings (SSSR count). The molecule has 2 aromatic rings. The van der Waals surface area contributed by atoms with E-state index in [2.05, 4.69) is 34.9 Å². The summed E-state index contributed by atoms with van der Waals surface area (Å²) < 4.78 is 29.9. The van der Waals surface area contributed by atoms with Crippen LogP contribution in [0.3, 0.4) is 0 Å². The lowest BCUT2D eigenvalue weighted by Crippen LogP contribution is -2.53. The molecule has 0 radical (unpaired) electrons. The van der Waals surface area contributed by atoms with Gasteiger partial charge in [0.1, 0.15) is 17.5 Å². The van der Waals surface area contributed by atoms with Crippen molar-refractivity contribution in [3.8, 4) is 0 Å². The van der Waals surface area contributed by atoms with Crippen LogP contribution in [0.2, 0.25) is 0 Å². The van der Waals surface area contributed by atoms with E-state index in [1.807, 2.05) is 6.92 Å². The van der Waals surface area contributed by atoms with Crippen LogP contribution in [0.4, 0.5) is 8.78 Å². The van der Waals surface area contributed by atoms with Crippen molar-refractivity contribution in [1.82, 2.24) is 29.9 Å². The van der Waals surface area contributed by atoms with Crippen molar-refractivity contribution in [2.45, 2.75) is 58.2 Å². The third-order valence-corrected chi connectivity index (χ3v) is 6.57. The average molecular weight is 573 g/mol. The Hall–Kier alpha value is -1.82. The minimum Gasteiger partial charge on any atom is -0.349 e. The first-order valence-electron chi connectivity index (χ1n) is 11.7. The van der Waals surface area contributed by atoms with E-state index in [0.29, 0.717) is 12.1 Å². The summed E-state index contributed by atoms with van der Waals surface area (Å²) >= 11 is 0. The molecule has 182 valence electrons. The lowest BCUT2D eigenvalue weighted by molar-refractivity contribution is 0.124. The van der Waals surface area contributed by atoms with Gasteiger partial charge in [-0.05, 0) is 25.3 Å². The highest BCUT2D eigenvalue weighted by Gasteiger charge is 2.27. The molecule has 0 saturated carbocycles. The van der Waals surface area contributed by atoms with Crippen LogP contribution < -0.4 is 5.32 Å². The highest BCUT2D eigenvalue weighted by Crippen LogP contribution is 2.28. The van der Waals surface area contributed by atoms with Crippen molar-refractivity contribution in [3.63, 3.8) is 0 Å². The van der Waals surface area contributed by atoms with E-state index in [1.54, 1.807) is 13.1 Å². The minimum atomic E-state index is -0.537. The van der Waals surface area contributed by atoms with Gasteiger partial charge in [-0.2, -0.15) is 0 Å². The van der Waals surface area contributed by atoms with Crippen LogP contribution in [-0.4, -0.2) is 63.8 Å². The van der Waals surface area contributed by atoms with E-state index >= 15 is 0 Å². The number of nitrogens with one attached hydrogen (secondary N) is 1. The van der Waals surface area contributed by atoms with Crippen LogP contribution in [0.5, 0.6) is 0 Å². The molecule has 0 aliphatic carbocycles. The fraction of sp³-hybridized carbons (Fsp3) is 0.609. The Morgan fingerprint density at radius 3 is 2.58 bits per heavy atom. The molecular formula is C23H34F2IN7. The third kappa shape index (κ3) is 6.00. The molecule has 0 spiro atoms. The van der Waals surface area contributed by atoms with Crippen LogP contribution >= 0.6 is 24.0 Å². The van der Waals surface area contributed by atoms with Crippen LogP contribution in [0.25, 0.3) is 0 Å². The minimum absolute atomic E-state index is 0. The Kier molecular flexibility index (Phi) is 9.42. The van der Waals surface area contributed by atoms with Gasteiger partial charge in [0.25, 0.3) is 0 Å². The van der Waals surface area contributed by atoms with Crippen LogP contribution in [-0.2, 0) is 19.5 Å². The van der Waals surface area contributed by atoms with Gasteiger partial charge in [0.05, 0.1) is 6.54 Å². The Labute approximate surface area is 211 Å². The molecule has 3 heterocycles.